The summed E-state index contributed by atoms with van der Waals surface area (Å²) >= 11 is 4.24. The van der Waals surface area contributed by atoms with Gasteiger partial charge in [-0.1, -0.05) is 38.1 Å². The standard InChI is InChI=1S/C15H23NS2/c1-4-12-6-5-7-13(10-12)14(16-3)15-11(2)17-8-9-18-15/h5-7,10-11,14-16H,4,8-9H2,1-3H3. The van der Waals surface area contributed by atoms with Gasteiger partial charge in [-0.05, 0) is 24.6 Å². The minimum absolute atomic E-state index is 0.476. The van der Waals surface area contributed by atoms with E-state index in [0.29, 0.717) is 11.3 Å². The smallest absolute Gasteiger partial charge is 0.0448 e. The van der Waals surface area contributed by atoms with Gasteiger partial charge in [0.05, 0.1) is 0 Å². The average molecular weight is 281 g/mol. The van der Waals surface area contributed by atoms with Gasteiger partial charge in [0, 0.05) is 28.0 Å². The van der Waals surface area contributed by atoms with Gasteiger partial charge in [0.25, 0.3) is 0 Å². The van der Waals surface area contributed by atoms with E-state index in [1.807, 2.05) is 0 Å². The maximum Gasteiger partial charge on any atom is 0.0448 e. The second-order valence-electron chi connectivity index (χ2n) is 4.78. The van der Waals surface area contributed by atoms with Crippen molar-refractivity contribution in [3.63, 3.8) is 0 Å². The highest BCUT2D eigenvalue weighted by molar-refractivity contribution is 8.07. The number of rotatable bonds is 4. The van der Waals surface area contributed by atoms with Crippen molar-refractivity contribution < 1.29 is 0 Å². The Morgan fingerprint density at radius 1 is 1.33 bits per heavy atom. The van der Waals surface area contributed by atoms with Gasteiger partial charge in [0.1, 0.15) is 0 Å². The van der Waals surface area contributed by atoms with Crippen LogP contribution in [0.1, 0.15) is 31.0 Å². The van der Waals surface area contributed by atoms with Crippen molar-refractivity contribution in [2.45, 2.75) is 36.8 Å². The predicted molar refractivity (Wildman–Crippen MR) is 85.8 cm³/mol. The SMILES string of the molecule is CCc1cccc(C(NC)C2SCCSC2C)c1. The molecule has 1 nitrogen and oxygen atoms in total. The Balaban J connectivity index is 2.20. The lowest BCUT2D eigenvalue weighted by atomic mass is 9.99. The molecule has 1 fully saturated rings. The zero-order chi connectivity index (χ0) is 13.0. The highest BCUT2D eigenvalue weighted by Gasteiger charge is 2.30. The first-order valence-corrected chi connectivity index (χ1v) is 8.85. The molecule has 0 aliphatic carbocycles. The van der Waals surface area contributed by atoms with Gasteiger partial charge in [0.2, 0.25) is 0 Å². The van der Waals surface area contributed by atoms with Crippen LogP contribution in [-0.2, 0) is 6.42 Å². The van der Waals surface area contributed by atoms with Crippen LogP contribution in [-0.4, -0.2) is 29.1 Å². The van der Waals surface area contributed by atoms with Crippen molar-refractivity contribution >= 4 is 23.5 Å². The highest BCUT2D eigenvalue weighted by atomic mass is 32.2. The lowest BCUT2D eigenvalue weighted by molar-refractivity contribution is 0.560. The third-order valence-corrected chi connectivity index (χ3v) is 6.79. The number of benzene rings is 1. The Morgan fingerprint density at radius 3 is 2.78 bits per heavy atom. The van der Waals surface area contributed by atoms with Crippen molar-refractivity contribution in [1.29, 1.82) is 0 Å². The summed E-state index contributed by atoms with van der Waals surface area (Å²) < 4.78 is 0. The number of aryl methyl sites for hydroxylation is 1. The van der Waals surface area contributed by atoms with E-state index in [1.165, 1.54) is 22.6 Å². The van der Waals surface area contributed by atoms with Gasteiger partial charge < -0.3 is 5.32 Å². The Bertz CT molecular complexity index is 381. The maximum atomic E-state index is 3.54. The van der Waals surface area contributed by atoms with Crippen LogP contribution in [0.15, 0.2) is 24.3 Å². The molecule has 1 heterocycles. The van der Waals surface area contributed by atoms with E-state index in [-0.39, 0.29) is 0 Å². The van der Waals surface area contributed by atoms with Gasteiger partial charge in [0.15, 0.2) is 0 Å². The third-order valence-electron chi connectivity index (χ3n) is 3.59. The summed E-state index contributed by atoms with van der Waals surface area (Å²) in [7, 11) is 2.09. The summed E-state index contributed by atoms with van der Waals surface area (Å²) in [4.78, 5) is 0. The lowest BCUT2D eigenvalue weighted by Gasteiger charge is -2.34. The van der Waals surface area contributed by atoms with E-state index in [2.05, 4.69) is 74.0 Å². The number of thioether (sulfide) groups is 2. The molecule has 18 heavy (non-hydrogen) atoms. The van der Waals surface area contributed by atoms with E-state index in [4.69, 9.17) is 0 Å². The summed E-state index contributed by atoms with van der Waals surface area (Å²) in [5, 5.41) is 4.95. The second kappa shape index (κ2) is 6.88. The molecule has 1 saturated heterocycles. The molecular formula is C15H23NS2. The van der Waals surface area contributed by atoms with Crippen LogP contribution < -0.4 is 5.32 Å². The van der Waals surface area contributed by atoms with Gasteiger partial charge in [-0.15, -0.1) is 0 Å². The van der Waals surface area contributed by atoms with Crippen LogP contribution >= 0.6 is 23.5 Å². The molecule has 1 aliphatic heterocycles. The van der Waals surface area contributed by atoms with Gasteiger partial charge >= 0.3 is 0 Å². The topological polar surface area (TPSA) is 12.0 Å². The zero-order valence-electron chi connectivity index (χ0n) is 11.5. The summed E-state index contributed by atoms with van der Waals surface area (Å²) in [6.07, 6.45) is 1.12. The first-order valence-electron chi connectivity index (χ1n) is 6.75. The van der Waals surface area contributed by atoms with Gasteiger partial charge in [-0.25, -0.2) is 0 Å². The van der Waals surface area contributed by atoms with Crippen molar-refractivity contribution in [2.75, 3.05) is 18.6 Å². The van der Waals surface area contributed by atoms with Crippen LogP contribution in [0.25, 0.3) is 0 Å². The number of hydrogen-bond acceptors (Lipinski definition) is 3. The molecule has 1 N–H and O–H groups in total. The lowest BCUT2D eigenvalue weighted by Crippen LogP contribution is -2.36. The molecule has 0 bridgehead atoms. The molecule has 1 aromatic carbocycles. The quantitative estimate of drug-likeness (QED) is 0.903. The van der Waals surface area contributed by atoms with Gasteiger partial charge in [-0.3, -0.25) is 0 Å². The van der Waals surface area contributed by atoms with Crippen molar-refractivity contribution in [3.05, 3.63) is 35.4 Å². The van der Waals surface area contributed by atoms with Crippen LogP contribution in [0.4, 0.5) is 0 Å². The van der Waals surface area contributed by atoms with Gasteiger partial charge in [-0.2, -0.15) is 23.5 Å². The number of nitrogens with one attached hydrogen (secondary N) is 1. The predicted octanol–water partition coefficient (Wildman–Crippen LogP) is 3.75. The molecule has 100 valence electrons. The van der Waals surface area contributed by atoms with E-state index in [1.54, 1.807) is 0 Å². The highest BCUT2D eigenvalue weighted by Crippen LogP contribution is 2.38. The molecule has 0 saturated carbocycles. The fourth-order valence-electron chi connectivity index (χ4n) is 2.54. The average Bonchev–Trinajstić information content (AvgIpc) is 2.42. The van der Waals surface area contributed by atoms with E-state index < -0.39 is 0 Å². The Hall–Kier alpha value is -0.120. The Morgan fingerprint density at radius 2 is 2.11 bits per heavy atom. The molecule has 0 amide bonds. The maximum absolute atomic E-state index is 3.54. The molecule has 3 heteroatoms. The molecule has 1 aromatic rings. The summed E-state index contributed by atoms with van der Waals surface area (Å²) in [5.41, 5.74) is 2.89. The normalized spacial score (nSPS) is 25.9. The fraction of sp³-hybridized carbons (Fsp3) is 0.600. The van der Waals surface area contributed by atoms with Crippen molar-refractivity contribution in [1.82, 2.24) is 5.32 Å². The van der Waals surface area contributed by atoms with Crippen LogP contribution in [0.5, 0.6) is 0 Å². The molecule has 1 aliphatic rings. The molecule has 2 rings (SSSR count). The number of hydrogen-bond donors (Lipinski definition) is 1. The zero-order valence-corrected chi connectivity index (χ0v) is 13.1. The van der Waals surface area contributed by atoms with Crippen molar-refractivity contribution in [3.8, 4) is 0 Å². The minimum Gasteiger partial charge on any atom is -0.312 e. The molecule has 0 spiro atoms. The second-order valence-corrected chi connectivity index (χ2v) is 7.55. The first-order chi connectivity index (χ1) is 8.76. The summed E-state index contributed by atoms with van der Waals surface area (Å²) in [5.74, 6) is 2.58. The van der Waals surface area contributed by atoms with Crippen LogP contribution in [0, 0.1) is 0 Å². The van der Waals surface area contributed by atoms with Crippen LogP contribution in [0.2, 0.25) is 0 Å². The molecule has 0 radical (unpaired) electrons. The largest absolute Gasteiger partial charge is 0.312 e. The molecule has 0 aromatic heterocycles. The summed E-state index contributed by atoms with van der Waals surface area (Å²) in [6.45, 7) is 4.59. The minimum atomic E-state index is 0.476. The monoisotopic (exact) mass is 281 g/mol. The molecule has 3 unspecified atom stereocenters. The summed E-state index contributed by atoms with van der Waals surface area (Å²) in [6, 6.07) is 9.54. The molecular weight excluding hydrogens is 258 g/mol. The Kier molecular flexibility index (Phi) is 5.46. The van der Waals surface area contributed by atoms with E-state index in [0.717, 1.165) is 11.7 Å². The fourth-order valence-corrected chi connectivity index (χ4v) is 5.53. The van der Waals surface area contributed by atoms with E-state index >= 15 is 0 Å². The molecule has 3 atom stereocenters. The third kappa shape index (κ3) is 3.25. The van der Waals surface area contributed by atoms with Crippen LogP contribution in [0.3, 0.4) is 0 Å². The van der Waals surface area contributed by atoms with E-state index in [9.17, 15) is 0 Å². The first kappa shape index (κ1) is 14.3. The van der Waals surface area contributed by atoms with Crippen molar-refractivity contribution in [2.24, 2.45) is 0 Å². The Labute approximate surface area is 120 Å².